The van der Waals surface area contributed by atoms with Gasteiger partial charge in [0.15, 0.2) is 0 Å². The monoisotopic (exact) mass is 490 g/mol. The number of nitro benzene ring substituents is 1. The highest BCUT2D eigenvalue weighted by atomic mass is 19.1. The lowest BCUT2D eigenvalue weighted by molar-refractivity contribution is -0.384. The fourth-order valence-corrected chi connectivity index (χ4v) is 5.22. The summed E-state index contributed by atoms with van der Waals surface area (Å²) in [5.74, 6) is -0.147. The minimum atomic E-state index is -0.422. The predicted octanol–water partition coefficient (Wildman–Crippen LogP) is 3.93. The molecule has 0 aliphatic carbocycles. The number of amides is 1. The van der Waals surface area contributed by atoms with Gasteiger partial charge in [-0.2, -0.15) is 0 Å². The predicted molar refractivity (Wildman–Crippen MR) is 135 cm³/mol. The highest BCUT2D eigenvalue weighted by molar-refractivity contribution is 5.82. The van der Waals surface area contributed by atoms with Crippen molar-refractivity contribution < 1.29 is 18.8 Å². The number of methoxy groups -OCH3 is 1. The van der Waals surface area contributed by atoms with E-state index < -0.39 is 10.8 Å². The summed E-state index contributed by atoms with van der Waals surface area (Å²) in [6.07, 6.45) is 0.392. The highest BCUT2D eigenvalue weighted by Crippen LogP contribution is 2.38. The number of carbonyl (C=O) groups excluding carboxylic acids is 1. The number of nitrogens with zero attached hydrogens (tertiary/aromatic N) is 3. The van der Waals surface area contributed by atoms with Gasteiger partial charge in [0, 0.05) is 49.7 Å². The van der Waals surface area contributed by atoms with Crippen molar-refractivity contribution in [3.8, 4) is 5.75 Å². The topological polar surface area (TPSA) is 87.9 Å². The van der Waals surface area contributed by atoms with Crippen LogP contribution in [0.25, 0.3) is 0 Å². The van der Waals surface area contributed by atoms with E-state index in [0.717, 1.165) is 29.2 Å². The Morgan fingerprint density at radius 1 is 1.14 bits per heavy atom. The van der Waals surface area contributed by atoms with Crippen molar-refractivity contribution in [1.82, 2.24) is 5.32 Å². The number of carbonyl (C=O) groups is 1. The molecule has 0 aromatic heterocycles. The Balaban J connectivity index is 1.42. The van der Waals surface area contributed by atoms with Crippen LogP contribution in [-0.2, 0) is 17.8 Å². The number of hydrogen-bond acceptors (Lipinski definition) is 6. The third-order valence-electron chi connectivity index (χ3n) is 7.04. The zero-order chi connectivity index (χ0) is 25.2. The molecule has 3 aromatic rings. The number of anilines is 2. The average Bonchev–Trinajstić information content (AvgIpc) is 2.90. The summed E-state index contributed by atoms with van der Waals surface area (Å²) in [5, 5.41) is 14.3. The molecular formula is C27H27FN4O4. The van der Waals surface area contributed by atoms with Crippen molar-refractivity contribution in [3.05, 3.63) is 93.8 Å². The van der Waals surface area contributed by atoms with Crippen LogP contribution in [0.2, 0.25) is 0 Å². The molecule has 8 nitrogen and oxygen atoms in total. The standard InChI is InChI=1S/C27H27FN4O4/c1-36-23-8-5-21(6-9-23)30-11-12-31-25-10-7-22(32(34)35)14-19(25)15-24(26(31)17-30)27(33)29-16-18-3-2-4-20(28)13-18/h2-10,13-14,24,26H,11-12,15-17H2,1H3,(H,29,33)/t24-,26-/m0/s1. The molecule has 0 unspecified atom stereocenters. The molecule has 0 radical (unpaired) electrons. The van der Waals surface area contributed by atoms with Gasteiger partial charge in [0.1, 0.15) is 11.6 Å². The first-order valence-electron chi connectivity index (χ1n) is 11.9. The van der Waals surface area contributed by atoms with Gasteiger partial charge in [0.05, 0.1) is 24.0 Å². The lowest BCUT2D eigenvalue weighted by Crippen LogP contribution is -2.61. The first-order valence-corrected chi connectivity index (χ1v) is 11.9. The van der Waals surface area contributed by atoms with Gasteiger partial charge in [0.25, 0.3) is 5.69 Å². The third kappa shape index (κ3) is 4.68. The first kappa shape index (κ1) is 23.6. The summed E-state index contributed by atoms with van der Waals surface area (Å²) in [5.41, 5.74) is 3.47. The Kier molecular flexibility index (Phi) is 6.45. The van der Waals surface area contributed by atoms with Crippen molar-refractivity contribution >= 4 is 23.0 Å². The molecule has 186 valence electrons. The van der Waals surface area contributed by atoms with Crippen LogP contribution in [0.4, 0.5) is 21.5 Å². The molecule has 2 aliphatic heterocycles. The summed E-state index contributed by atoms with van der Waals surface area (Å²) < 4.78 is 18.9. The molecule has 2 heterocycles. The van der Waals surface area contributed by atoms with Gasteiger partial charge in [-0.05, 0) is 60.0 Å². The first-order chi connectivity index (χ1) is 17.4. The van der Waals surface area contributed by atoms with Crippen LogP contribution in [0, 0.1) is 21.8 Å². The van der Waals surface area contributed by atoms with Gasteiger partial charge < -0.3 is 19.9 Å². The Hall–Kier alpha value is -4.14. The number of non-ortho nitro benzene ring substituents is 1. The zero-order valence-corrected chi connectivity index (χ0v) is 19.9. The van der Waals surface area contributed by atoms with E-state index in [0.29, 0.717) is 25.1 Å². The van der Waals surface area contributed by atoms with Gasteiger partial charge >= 0.3 is 0 Å². The molecule has 36 heavy (non-hydrogen) atoms. The third-order valence-corrected chi connectivity index (χ3v) is 7.04. The largest absolute Gasteiger partial charge is 0.497 e. The summed E-state index contributed by atoms with van der Waals surface area (Å²) in [6.45, 7) is 2.26. The van der Waals surface area contributed by atoms with E-state index in [4.69, 9.17) is 4.74 Å². The normalized spacial score (nSPS) is 18.7. The second-order valence-corrected chi connectivity index (χ2v) is 9.13. The van der Waals surface area contributed by atoms with E-state index in [-0.39, 0.29) is 30.0 Å². The second-order valence-electron chi connectivity index (χ2n) is 9.13. The molecule has 1 fully saturated rings. The van der Waals surface area contributed by atoms with Crippen LogP contribution in [0.3, 0.4) is 0 Å². The maximum Gasteiger partial charge on any atom is 0.269 e. The lowest BCUT2D eigenvalue weighted by atomic mass is 9.83. The fourth-order valence-electron chi connectivity index (χ4n) is 5.22. The number of benzene rings is 3. The molecule has 0 bridgehead atoms. The smallest absolute Gasteiger partial charge is 0.269 e. The van der Waals surface area contributed by atoms with Crippen molar-refractivity contribution in [3.63, 3.8) is 0 Å². The molecule has 0 saturated carbocycles. The van der Waals surface area contributed by atoms with Crippen LogP contribution in [0.5, 0.6) is 5.75 Å². The van der Waals surface area contributed by atoms with E-state index in [9.17, 15) is 19.3 Å². The van der Waals surface area contributed by atoms with Crippen LogP contribution >= 0.6 is 0 Å². The zero-order valence-electron chi connectivity index (χ0n) is 19.9. The van der Waals surface area contributed by atoms with Crippen molar-refractivity contribution in [2.45, 2.75) is 19.0 Å². The molecule has 1 N–H and O–H groups in total. The Morgan fingerprint density at radius 2 is 1.94 bits per heavy atom. The SMILES string of the molecule is COc1ccc(N2CCN3c4ccc([N+](=O)[O-])cc4C[C@H](C(=O)NCc4cccc(F)c4)[C@@H]3C2)cc1. The molecular weight excluding hydrogens is 463 g/mol. The highest BCUT2D eigenvalue weighted by Gasteiger charge is 2.42. The molecule has 5 rings (SSSR count). The summed E-state index contributed by atoms with van der Waals surface area (Å²) in [6, 6.07) is 18.8. The van der Waals surface area contributed by atoms with Crippen LogP contribution < -0.4 is 19.9 Å². The summed E-state index contributed by atoms with van der Waals surface area (Å²) in [7, 11) is 1.63. The molecule has 9 heteroatoms. The van der Waals surface area contributed by atoms with Crippen molar-refractivity contribution in [1.29, 1.82) is 0 Å². The van der Waals surface area contributed by atoms with E-state index >= 15 is 0 Å². The van der Waals surface area contributed by atoms with Gasteiger partial charge in [-0.3, -0.25) is 14.9 Å². The molecule has 2 aliphatic rings. The molecule has 3 aromatic carbocycles. The number of halogens is 1. The van der Waals surface area contributed by atoms with E-state index in [1.54, 1.807) is 31.4 Å². The molecule has 1 saturated heterocycles. The quantitative estimate of drug-likeness (QED) is 0.416. The second kappa shape index (κ2) is 9.85. The van der Waals surface area contributed by atoms with Crippen LogP contribution in [0.15, 0.2) is 66.7 Å². The van der Waals surface area contributed by atoms with E-state index in [1.165, 1.54) is 18.2 Å². The van der Waals surface area contributed by atoms with Gasteiger partial charge in [-0.1, -0.05) is 12.1 Å². The minimum absolute atomic E-state index is 0.0167. The number of ether oxygens (including phenoxy) is 1. The Labute approximate surface area is 208 Å². The molecule has 2 atom stereocenters. The lowest BCUT2D eigenvalue weighted by Gasteiger charge is -2.49. The number of hydrogen-bond donors (Lipinski definition) is 1. The Morgan fingerprint density at radius 3 is 2.67 bits per heavy atom. The van der Waals surface area contributed by atoms with E-state index in [2.05, 4.69) is 15.1 Å². The van der Waals surface area contributed by atoms with Crippen molar-refractivity contribution in [2.24, 2.45) is 5.92 Å². The molecule has 0 spiro atoms. The number of nitro groups is 1. The maximum absolute atomic E-state index is 13.6. The summed E-state index contributed by atoms with van der Waals surface area (Å²) >= 11 is 0. The average molecular weight is 491 g/mol. The van der Waals surface area contributed by atoms with E-state index in [1.807, 2.05) is 24.3 Å². The van der Waals surface area contributed by atoms with Gasteiger partial charge in [-0.25, -0.2) is 4.39 Å². The maximum atomic E-state index is 13.6. The number of fused-ring (bicyclic) bond motifs is 3. The van der Waals surface area contributed by atoms with Gasteiger partial charge in [-0.15, -0.1) is 0 Å². The van der Waals surface area contributed by atoms with Crippen LogP contribution in [0.1, 0.15) is 11.1 Å². The minimum Gasteiger partial charge on any atom is -0.497 e. The molecule has 1 amide bonds. The number of nitrogens with one attached hydrogen (secondary N) is 1. The van der Waals surface area contributed by atoms with Crippen LogP contribution in [-0.4, -0.2) is 43.6 Å². The number of rotatable bonds is 6. The summed E-state index contributed by atoms with van der Waals surface area (Å²) in [4.78, 5) is 28.9. The number of piperazine rings is 1. The van der Waals surface area contributed by atoms with Gasteiger partial charge in [0.2, 0.25) is 5.91 Å². The fraction of sp³-hybridized carbons (Fsp3) is 0.296. The Bertz CT molecular complexity index is 1280. The van der Waals surface area contributed by atoms with Crippen molar-refractivity contribution in [2.75, 3.05) is 36.5 Å².